The molecule has 0 radical (unpaired) electrons. The van der Waals surface area contributed by atoms with Gasteiger partial charge in [0.2, 0.25) is 0 Å². The Morgan fingerprint density at radius 2 is 1.41 bits per heavy atom. The summed E-state index contributed by atoms with van der Waals surface area (Å²) in [6, 6.07) is 24.1. The number of carbonyl (C=O) groups excluding carboxylic acids is 2. The van der Waals surface area contributed by atoms with Crippen molar-refractivity contribution >= 4 is 23.5 Å². The lowest BCUT2D eigenvalue weighted by Crippen LogP contribution is -2.28. The van der Waals surface area contributed by atoms with E-state index in [4.69, 9.17) is 21.1 Å². The SMILES string of the molecule is CC(=O)Oc1ccc(-c2ccc(C(C)(Cl)C(=O)OCc3ccccc3)cc2)cc1. The highest BCUT2D eigenvalue weighted by Gasteiger charge is 2.34. The first kappa shape index (κ1) is 20.6. The van der Waals surface area contributed by atoms with E-state index in [1.54, 1.807) is 19.1 Å². The molecule has 0 spiro atoms. The van der Waals surface area contributed by atoms with Crippen LogP contribution in [0.25, 0.3) is 11.1 Å². The van der Waals surface area contributed by atoms with Crippen LogP contribution < -0.4 is 4.74 Å². The predicted molar refractivity (Wildman–Crippen MR) is 113 cm³/mol. The zero-order chi connectivity index (χ0) is 20.9. The molecule has 0 saturated heterocycles. The Balaban J connectivity index is 1.69. The molecule has 0 aliphatic rings. The third kappa shape index (κ3) is 5.24. The van der Waals surface area contributed by atoms with E-state index in [0.717, 1.165) is 16.7 Å². The zero-order valence-electron chi connectivity index (χ0n) is 16.2. The van der Waals surface area contributed by atoms with Crippen molar-refractivity contribution in [3.63, 3.8) is 0 Å². The number of alkyl halides is 1. The molecule has 0 N–H and O–H groups in total. The van der Waals surface area contributed by atoms with Crippen LogP contribution in [0, 0.1) is 0 Å². The molecule has 3 aromatic rings. The molecule has 148 valence electrons. The standard InChI is InChI=1S/C24H21ClO4/c1-17(26)29-22-14-10-20(11-15-22)19-8-12-21(13-9-19)24(2,25)23(27)28-16-18-6-4-3-5-7-18/h3-15H,16H2,1-2H3. The van der Waals surface area contributed by atoms with Crippen molar-refractivity contribution in [1.82, 2.24) is 0 Å². The summed E-state index contributed by atoms with van der Waals surface area (Å²) >= 11 is 6.52. The molecule has 0 saturated carbocycles. The predicted octanol–water partition coefficient (Wildman–Crippen LogP) is 5.48. The van der Waals surface area contributed by atoms with E-state index in [2.05, 4.69) is 0 Å². The van der Waals surface area contributed by atoms with E-state index >= 15 is 0 Å². The van der Waals surface area contributed by atoms with Crippen molar-refractivity contribution in [1.29, 1.82) is 0 Å². The first-order chi connectivity index (χ1) is 13.9. The molecule has 4 nitrogen and oxygen atoms in total. The van der Waals surface area contributed by atoms with Crippen molar-refractivity contribution in [2.75, 3.05) is 0 Å². The number of hydrogen-bond donors (Lipinski definition) is 0. The van der Waals surface area contributed by atoms with Gasteiger partial charge in [0.25, 0.3) is 0 Å². The van der Waals surface area contributed by atoms with E-state index in [1.807, 2.05) is 66.7 Å². The summed E-state index contributed by atoms with van der Waals surface area (Å²) in [6.07, 6.45) is 0. The third-order valence-electron chi connectivity index (χ3n) is 4.47. The lowest BCUT2D eigenvalue weighted by Gasteiger charge is -2.21. The Morgan fingerprint density at radius 3 is 1.97 bits per heavy atom. The molecule has 0 aliphatic heterocycles. The summed E-state index contributed by atoms with van der Waals surface area (Å²) < 4.78 is 10.4. The van der Waals surface area contributed by atoms with Gasteiger partial charge in [0.15, 0.2) is 4.87 Å². The first-order valence-corrected chi connectivity index (χ1v) is 9.53. The molecule has 5 heteroatoms. The Hall–Kier alpha value is -3.11. The third-order valence-corrected chi connectivity index (χ3v) is 4.84. The maximum atomic E-state index is 12.5. The van der Waals surface area contributed by atoms with Gasteiger partial charge in [-0.15, -0.1) is 11.6 Å². The number of carbonyl (C=O) groups is 2. The summed E-state index contributed by atoms with van der Waals surface area (Å²) in [6.45, 7) is 3.17. The number of ether oxygens (including phenoxy) is 2. The molecular formula is C24H21ClO4. The van der Waals surface area contributed by atoms with Gasteiger partial charge in [-0.05, 0) is 41.3 Å². The van der Waals surface area contributed by atoms with Crippen LogP contribution >= 0.6 is 11.6 Å². The quantitative estimate of drug-likeness (QED) is 0.308. The zero-order valence-corrected chi connectivity index (χ0v) is 17.0. The Morgan fingerprint density at radius 1 is 0.862 bits per heavy atom. The van der Waals surface area contributed by atoms with Crippen LogP contribution in [-0.2, 0) is 25.8 Å². The molecule has 0 aliphatic carbocycles. The van der Waals surface area contributed by atoms with Crippen molar-refractivity contribution in [3.05, 3.63) is 90.0 Å². The summed E-state index contributed by atoms with van der Waals surface area (Å²) in [7, 11) is 0. The summed E-state index contributed by atoms with van der Waals surface area (Å²) in [5.74, 6) is -0.364. The minimum Gasteiger partial charge on any atom is -0.459 e. The van der Waals surface area contributed by atoms with Crippen molar-refractivity contribution in [3.8, 4) is 16.9 Å². The van der Waals surface area contributed by atoms with Gasteiger partial charge < -0.3 is 9.47 Å². The van der Waals surface area contributed by atoms with E-state index in [-0.39, 0.29) is 12.6 Å². The van der Waals surface area contributed by atoms with Gasteiger partial charge in [-0.1, -0.05) is 66.7 Å². The van der Waals surface area contributed by atoms with Crippen molar-refractivity contribution < 1.29 is 19.1 Å². The average Bonchev–Trinajstić information content (AvgIpc) is 2.73. The number of hydrogen-bond acceptors (Lipinski definition) is 4. The molecule has 0 heterocycles. The van der Waals surface area contributed by atoms with Crippen LogP contribution in [0.1, 0.15) is 25.0 Å². The Bertz CT molecular complexity index is 978. The van der Waals surface area contributed by atoms with E-state index in [1.165, 1.54) is 6.92 Å². The fourth-order valence-corrected chi connectivity index (χ4v) is 3.01. The second-order valence-corrected chi connectivity index (χ2v) is 7.52. The minimum atomic E-state index is -1.29. The van der Waals surface area contributed by atoms with Gasteiger partial charge in [0.05, 0.1) is 0 Å². The minimum absolute atomic E-state index is 0.175. The second kappa shape index (κ2) is 8.93. The topological polar surface area (TPSA) is 52.6 Å². The van der Waals surface area contributed by atoms with Gasteiger partial charge in [0, 0.05) is 6.92 Å². The van der Waals surface area contributed by atoms with E-state index < -0.39 is 10.8 Å². The number of benzene rings is 3. The van der Waals surface area contributed by atoms with Crippen LogP contribution in [-0.4, -0.2) is 11.9 Å². The van der Waals surface area contributed by atoms with Crippen LogP contribution in [0.4, 0.5) is 0 Å². The molecule has 0 bridgehead atoms. The smallest absolute Gasteiger partial charge is 0.331 e. The first-order valence-electron chi connectivity index (χ1n) is 9.16. The number of esters is 2. The maximum Gasteiger partial charge on any atom is 0.331 e. The summed E-state index contributed by atoms with van der Waals surface area (Å²) in [5, 5.41) is 0. The van der Waals surface area contributed by atoms with Gasteiger partial charge in [0.1, 0.15) is 12.4 Å². The molecule has 3 rings (SSSR count). The Labute approximate surface area is 175 Å². The molecule has 0 fully saturated rings. The van der Waals surface area contributed by atoms with Crippen LogP contribution in [0.2, 0.25) is 0 Å². The van der Waals surface area contributed by atoms with Crippen LogP contribution in [0.3, 0.4) is 0 Å². The largest absolute Gasteiger partial charge is 0.459 e. The van der Waals surface area contributed by atoms with Gasteiger partial charge in [-0.2, -0.15) is 0 Å². The fourth-order valence-electron chi connectivity index (χ4n) is 2.83. The summed E-state index contributed by atoms with van der Waals surface area (Å²) in [4.78, 5) is 22.2. The van der Waals surface area contributed by atoms with Gasteiger partial charge in [-0.3, -0.25) is 4.79 Å². The normalized spacial score (nSPS) is 12.7. The molecule has 0 amide bonds. The average molecular weight is 409 g/mol. The maximum absolute atomic E-state index is 12.5. The lowest BCUT2D eigenvalue weighted by atomic mass is 9.97. The highest BCUT2D eigenvalue weighted by molar-refractivity contribution is 6.33. The summed E-state index contributed by atoms with van der Waals surface area (Å²) in [5.41, 5.74) is 3.46. The van der Waals surface area contributed by atoms with E-state index in [0.29, 0.717) is 11.3 Å². The van der Waals surface area contributed by atoms with E-state index in [9.17, 15) is 9.59 Å². The van der Waals surface area contributed by atoms with Crippen molar-refractivity contribution in [2.24, 2.45) is 0 Å². The molecule has 0 aromatic heterocycles. The highest BCUT2D eigenvalue weighted by Crippen LogP contribution is 2.32. The second-order valence-electron chi connectivity index (χ2n) is 6.76. The molecule has 1 unspecified atom stereocenters. The molecular weight excluding hydrogens is 388 g/mol. The number of halogens is 1. The molecule has 3 aromatic carbocycles. The molecule has 1 atom stereocenters. The molecule has 29 heavy (non-hydrogen) atoms. The van der Waals surface area contributed by atoms with Gasteiger partial charge >= 0.3 is 11.9 Å². The number of rotatable bonds is 6. The van der Waals surface area contributed by atoms with Crippen LogP contribution in [0.5, 0.6) is 5.75 Å². The van der Waals surface area contributed by atoms with Gasteiger partial charge in [-0.25, -0.2) is 4.79 Å². The Kier molecular flexibility index (Phi) is 6.35. The van der Waals surface area contributed by atoms with Crippen molar-refractivity contribution in [2.45, 2.75) is 25.3 Å². The fraction of sp³-hybridized carbons (Fsp3) is 0.167. The monoisotopic (exact) mass is 408 g/mol. The lowest BCUT2D eigenvalue weighted by molar-refractivity contribution is -0.148. The highest BCUT2D eigenvalue weighted by atomic mass is 35.5. The van der Waals surface area contributed by atoms with Crippen LogP contribution in [0.15, 0.2) is 78.9 Å².